The second kappa shape index (κ2) is 9.09. The van der Waals surface area contributed by atoms with Gasteiger partial charge in [0.1, 0.15) is 5.75 Å². The second-order valence-corrected chi connectivity index (χ2v) is 7.31. The summed E-state index contributed by atoms with van der Waals surface area (Å²) in [6, 6.07) is 7.49. The number of benzene rings is 1. The van der Waals surface area contributed by atoms with Gasteiger partial charge in [0.15, 0.2) is 6.29 Å². The Morgan fingerprint density at radius 3 is 2.83 bits per heavy atom. The van der Waals surface area contributed by atoms with Crippen LogP contribution >= 0.6 is 0 Å². The molecule has 1 fully saturated rings. The van der Waals surface area contributed by atoms with E-state index >= 15 is 0 Å². The van der Waals surface area contributed by atoms with Gasteiger partial charge in [-0.3, -0.25) is 14.9 Å². The number of hydrogen-bond acceptors (Lipinski definition) is 5. The Balaban J connectivity index is 1.66. The number of carbonyl (C=O) groups excluding carboxylic acids is 2. The first-order valence-corrected chi connectivity index (χ1v) is 10.0. The number of nitrogens with zero attached hydrogens (tertiary/aromatic N) is 2. The lowest BCUT2D eigenvalue weighted by molar-refractivity contribution is -0.125. The van der Waals surface area contributed by atoms with E-state index in [4.69, 9.17) is 4.74 Å². The van der Waals surface area contributed by atoms with Gasteiger partial charge in [0, 0.05) is 24.6 Å². The van der Waals surface area contributed by atoms with Gasteiger partial charge in [0.25, 0.3) is 0 Å². The number of rotatable bonds is 7. The standard InChI is InChI=1S/C21H29N5O3/c1-5-29-18-9-7-6-8-17(18)23-19(27)11-10-16-14(3)25-26(15(16)4)21-22-13(2)12-20(28)24-21/h6-9,13,21-22H,5,10-12H2,1-4H3,(H,23,27)(H,24,28). The molecule has 0 spiro atoms. The van der Waals surface area contributed by atoms with E-state index in [2.05, 4.69) is 21.0 Å². The molecule has 1 aliphatic rings. The van der Waals surface area contributed by atoms with E-state index in [1.165, 1.54) is 0 Å². The number of nitrogens with one attached hydrogen (secondary N) is 3. The molecule has 1 aliphatic heterocycles. The van der Waals surface area contributed by atoms with Gasteiger partial charge < -0.3 is 15.4 Å². The van der Waals surface area contributed by atoms with Gasteiger partial charge in [-0.2, -0.15) is 5.10 Å². The molecule has 1 saturated heterocycles. The number of aromatic nitrogens is 2. The van der Waals surface area contributed by atoms with Gasteiger partial charge >= 0.3 is 0 Å². The molecule has 2 atom stereocenters. The van der Waals surface area contributed by atoms with Crippen molar-refractivity contribution in [3.8, 4) is 5.75 Å². The molecule has 2 unspecified atom stereocenters. The van der Waals surface area contributed by atoms with Crippen molar-refractivity contribution in [1.29, 1.82) is 0 Å². The van der Waals surface area contributed by atoms with Crippen LogP contribution in [0.5, 0.6) is 5.75 Å². The van der Waals surface area contributed by atoms with Gasteiger partial charge in [-0.15, -0.1) is 0 Å². The molecule has 156 valence electrons. The van der Waals surface area contributed by atoms with Crippen molar-refractivity contribution in [2.45, 2.75) is 59.3 Å². The number of aryl methyl sites for hydroxylation is 1. The Morgan fingerprint density at radius 1 is 1.34 bits per heavy atom. The minimum Gasteiger partial charge on any atom is -0.492 e. The molecule has 1 aromatic heterocycles. The van der Waals surface area contributed by atoms with Crippen LogP contribution in [0.4, 0.5) is 5.69 Å². The van der Waals surface area contributed by atoms with Crippen molar-refractivity contribution < 1.29 is 14.3 Å². The first-order valence-electron chi connectivity index (χ1n) is 10.0. The molecule has 29 heavy (non-hydrogen) atoms. The average Bonchev–Trinajstić information content (AvgIpc) is 2.95. The van der Waals surface area contributed by atoms with Crippen LogP contribution < -0.4 is 20.7 Å². The van der Waals surface area contributed by atoms with Crippen molar-refractivity contribution in [3.05, 3.63) is 41.2 Å². The zero-order valence-corrected chi connectivity index (χ0v) is 17.4. The van der Waals surface area contributed by atoms with Crippen molar-refractivity contribution >= 4 is 17.5 Å². The van der Waals surface area contributed by atoms with E-state index in [0.29, 0.717) is 37.3 Å². The number of ether oxygens (including phenoxy) is 1. The smallest absolute Gasteiger partial charge is 0.224 e. The summed E-state index contributed by atoms with van der Waals surface area (Å²) >= 11 is 0. The molecule has 3 rings (SSSR count). The predicted molar refractivity (Wildman–Crippen MR) is 111 cm³/mol. The van der Waals surface area contributed by atoms with Crippen LogP contribution in [0.25, 0.3) is 0 Å². The maximum atomic E-state index is 12.5. The number of carbonyl (C=O) groups is 2. The fourth-order valence-electron chi connectivity index (χ4n) is 3.60. The monoisotopic (exact) mass is 399 g/mol. The minimum absolute atomic E-state index is 0.00249. The third kappa shape index (κ3) is 4.95. The third-order valence-corrected chi connectivity index (χ3v) is 5.01. The summed E-state index contributed by atoms with van der Waals surface area (Å²) in [7, 11) is 0. The quantitative estimate of drug-likeness (QED) is 0.664. The zero-order chi connectivity index (χ0) is 21.0. The van der Waals surface area contributed by atoms with Gasteiger partial charge in [0.2, 0.25) is 11.8 Å². The molecule has 8 nitrogen and oxygen atoms in total. The maximum absolute atomic E-state index is 12.5. The van der Waals surface area contributed by atoms with Crippen LogP contribution in [0.2, 0.25) is 0 Å². The Bertz CT molecular complexity index is 892. The Labute approximate surface area is 171 Å². The molecular weight excluding hydrogens is 370 g/mol. The number of anilines is 1. The van der Waals surface area contributed by atoms with Crippen molar-refractivity contribution in [2.24, 2.45) is 0 Å². The number of hydrogen-bond donors (Lipinski definition) is 3. The van der Waals surface area contributed by atoms with E-state index < -0.39 is 0 Å². The van der Waals surface area contributed by atoms with E-state index in [1.54, 1.807) is 4.68 Å². The highest BCUT2D eigenvalue weighted by Gasteiger charge is 2.27. The molecule has 2 aromatic rings. The van der Waals surface area contributed by atoms with E-state index in [-0.39, 0.29) is 24.1 Å². The maximum Gasteiger partial charge on any atom is 0.224 e. The van der Waals surface area contributed by atoms with E-state index in [9.17, 15) is 9.59 Å². The van der Waals surface area contributed by atoms with Gasteiger partial charge in [0.05, 0.1) is 18.0 Å². The van der Waals surface area contributed by atoms with Crippen LogP contribution in [0, 0.1) is 13.8 Å². The van der Waals surface area contributed by atoms with Crippen LogP contribution in [-0.4, -0.2) is 34.2 Å². The summed E-state index contributed by atoms with van der Waals surface area (Å²) < 4.78 is 7.35. The SMILES string of the molecule is CCOc1ccccc1NC(=O)CCc1c(C)nn(C2NC(=O)CC(C)N2)c1C. The fourth-order valence-corrected chi connectivity index (χ4v) is 3.60. The summed E-state index contributed by atoms with van der Waals surface area (Å²) in [4.78, 5) is 24.4. The summed E-state index contributed by atoms with van der Waals surface area (Å²) in [5.41, 5.74) is 3.50. The summed E-state index contributed by atoms with van der Waals surface area (Å²) in [6.45, 7) is 8.31. The highest BCUT2D eigenvalue weighted by atomic mass is 16.5. The summed E-state index contributed by atoms with van der Waals surface area (Å²) in [6.07, 6.45) is 0.975. The second-order valence-electron chi connectivity index (χ2n) is 7.31. The van der Waals surface area contributed by atoms with Crippen LogP contribution in [0.15, 0.2) is 24.3 Å². The third-order valence-electron chi connectivity index (χ3n) is 5.01. The van der Waals surface area contributed by atoms with E-state index in [0.717, 1.165) is 17.0 Å². The van der Waals surface area contributed by atoms with Crippen molar-refractivity contribution in [3.63, 3.8) is 0 Å². The lowest BCUT2D eigenvalue weighted by Gasteiger charge is -2.30. The zero-order valence-electron chi connectivity index (χ0n) is 17.4. The highest BCUT2D eigenvalue weighted by Crippen LogP contribution is 2.24. The molecule has 0 bridgehead atoms. The summed E-state index contributed by atoms with van der Waals surface area (Å²) in [5, 5.41) is 13.8. The topological polar surface area (TPSA) is 97.3 Å². The van der Waals surface area contributed by atoms with Crippen LogP contribution in [0.3, 0.4) is 0 Å². The predicted octanol–water partition coefficient (Wildman–Crippen LogP) is 2.42. The van der Waals surface area contributed by atoms with Crippen molar-refractivity contribution in [1.82, 2.24) is 20.4 Å². The molecule has 1 aromatic carbocycles. The number of para-hydroxylation sites is 2. The van der Waals surface area contributed by atoms with Crippen LogP contribution in [0.1, 0.15) is 49.9 Å². The molecule has 0 saturated carbocycles. The Morgan fingerprint density at radius 2 is 2.10 bits per heavy atom. The number of amides is 2. The normalized spacial score (nSPS) is 19.0. The van der Waals surface area contributed by atoms with E-state index in [1.807, 2.05) is 52.0 Å². The van der Waals surface area contributed by atoms with Gasteiger partial charge in [-0.1, -0.05) is 12.1 Å². The molecule has 3 N–H and O–H groups in total. The molecule has 8 heteroatoms. The van der Waals surface area contributed by atoms with Crippen molar-refractivity contribution in [2.75, 3.05) is 11.9 Å². The Hall–Kier alpha value is -2.87. The van der Waals surface area contributed by atoms with Gasteiger partial charge in [-0.05, 0) is 51.8 Å². The first-order chi connectivity index (χ1) is 13.9. The lowest BCUT2D eigenvalue weighted by atomic mass is 10.1. The average molecular weight is 399 g/mol. The molecule has 2 heterocycles. The summed E-state index contributed by atoms with van der Waals surface area (Å²) in [5.74, 6) is 0.584. The minimum atomic E-state index is -0.370. The Kier molecular flexibility index (Phi) is 6.53. The molecule has 2 amide bonds. The first kappa shape index (κ1) is 20.9. The van der Waals surface area contributed by atoms with Crippen LogP contribution in [-0.2, 0) is 16.0 Å². The molecule has 0 radical (unpaired) electrons. The van der Waals surface area contributed by atoms with Gasteiger partial charge in [-0.25, -0.2) is 4.68 Å². The fraction of sp³-hybridized carbons (Fsp3) is 0.476. The molecular formula is C21H29N5O3. The molecule has 0 aliphatic carbocycles. The largest absolute Gasteiger partial charge is 0.492 e. The highest BCUT2D eigenvalue weighted by molar-refractivity contribution is 5.92. The lowest BCUT2D eigenvalue weighted by Crippen LogP contribution is -2.52.